The molecule has 2 rings (SSSR count). The molecule has 0 bridgehead atoms. The number of hydrogen-bond acceptors (Lipinski definition) is 2. The topological polar surface area (TPSA) is 46.3 Å². The highest BCUT2D eigenvalue weighted by molar-refractivity contribution is 5.95. The molecule has 1 amide bonds. The molecular weight excluding hydrogens is 324 g/mol. The predicted octanol–water partition coefficient (Wildman–Crippen LogP) is 3.08. The van der Waals surface area contributed by atoms with Gasteiger partial charge in [0.05, 0.1) is 11.1 Å². The van der Waals surface area contributed by atoms with Gasteiger partial charge in [-0.3, -0.25) is 4.79 Å². The van der Waals surface area contributed by atoms with Crippen LogP contribution in [0, 0.1) is 11.2 Å². The number of alkyl halides is 3. The maximum Gasteiger partial charge on any atom is 0.419 e. The Morgan fingerprint density at radius 1 is 1.41 bits per heavy atom. The first-order valence-electron chi connectivity index (χ1n) is 6.53. The van der Waals surface area contributed by atoms with Gasteiger partial charge in [-0.25, -0.2) is 4.39 Å². The summed E-state index contributed by atoms with van der Waals surface area (Å²) in [5, 5.41) is 0. The van der Waals surface area contributed by atoms with E-state index in [4.69, 9.17) is 5.73 Å². The molecule has 0 aromatic heterocycles. The standard InChI is InChI=1S/C14H16F4N2O.ClH/c1-13(7-19)5-6-20(8-13)12(21)9-3-2-4-10(11(9)15)14(16,17)18;/h2-4H,5-8,19H2,1H3;1H. The molecule has 124 valence electrons. The van der Waals surface area contributed by atoms with Crippen LogP contribution in [0.3, 0.4) is 0 Å². The van der Waals surface area contributed by atoms with Crippen LogP contribution in [0.5, 0.6) is 0 Å². The van der Waals surface area contributed by atoms with E-state index in [0.717, 1.165) is 12.1 Å². The highest BCUT2D eigenvalue weighted by atomic mass is 35.5. The van der Waals surface area contributed by atoms with Gasteiger partial charge < -0.3 is 10.6 Å². The zero-order valence-corrected chi connectivity index (χ0v) is 12.7. The first kappa shape index (κ1) is 18.7. The summed E-state index contributed by atoms with van der Waals surface area (Å²) >= 11 is 0. The van der Waals surface area contributed by atoms with Crippen LogP contribution in [0.2, 0.25) is 0 Å². The van der Waals surface area contributed by atoms with Crippen LogP contribution in [-0.4, -0.2) is 30.4 Å². The van der Waals surface area contributed by atoms with E-state index < -0.39 is 29.0 Å². The Morgan fingerprint density at radius 2 is 2.05 bits per heavy atom. The summed E-state index contributed by atoms with van der Waals surface area (Å²) in [6.07, 6.45) is -4.17. The molecule has 1 heterocycles. The Labute approximate surface area is 131 Å². The number of rotatable bonds is 2. The summed E-state index contributed by atoms with van der Waals surface area (Å²) < 4.78 is 52.0. The Hall–Kier alpha value is -1.34. The molecular formula is C14H17ClF4N2O. The number of hydrogen-bond donors (Lipinski definition) is 1. The molecule has 8 heteroatoms. The van der Waals surface area contributed by atoms with Gasteiger partial charge in [-0.15, -0.1) is 12.4 Å². The highest BCUT2D eigenvalue weighted by Gasteiger charge is 2.39. The molecule has 2 N–H and O–H groups in total. The second-order valence-corrected chi connectivity index (χ2v) is 5.66. The summed E-state index contributed by atoms with van der Waals surface area (Å²) in [4.78, 5) is 13.6. The molecule has 0 spiro atoms. The molecule has 1 aromatic rings. The van der Waals surface area contributed by atoms with Gasteiger partial charge in [0.1, 0.15) is 5.82 Å². The number of likely N-dealkylation sites (tertiary alicyclic amines) is 1. The second kappa shape index (κ2) is 6.42. The fourth-order valence-electron chi connectivity index (χ4n) is 2.45. The smallest absolute Gasteiger partial charge is 0.338 e. The molecule has 0 saturated carbocycles. The Balaban J connectivity index is 0.00000242. The number of benzene rings is 1. The molecule has 1 unspecified atom stereocenters. The number of halogens is 5. The van der Waals surface area contributed by atoms with E-state index in [2.05, 4.69) is 0 Å². The van der Waals surface area contributed by atoms with Crippen molar-refractivity contribution in [3.8, 4) is 0 Å². The van der Waals surface area contributed by atoms with E-state index >= 15 is 0 Å². The SMILES string of the molecule is CC1(CN)CCN(C(=O)c2cccc(C(F)(F)F)c2F)C1.Cl. The summed E-state index contributed by atoms with van der Waals surface area (Å²) in [5.74, 6) is -2.24. The van der Waals surface area contributed by atoms with Crippen molar-refractivity contribution < 1.29 is 22.4 Å². The molecule has 3 nitrogen and oxygen atoms in total. The van der Waals surface area contributed by atoms with Crippen molar-refractivity contribution in [1.29, 1.82) is 0 Å². The van der Waals surface area contributed by atoms with Gasteiger partial charge in [0.25, 0.3) is 5.91 Å². The van der Waals surface area contributed by atoms with Gasteiger partial charge in [0, 0.05) is 13.1 Å². The molecule has 1 aliphatic rings. The second-order valence-electron chi connectivity index (χ2n) is 5.66. The Kier molecular flexibility index (Phi) is 5.46. The van der Waals surface area contributed by atoms with Gasteiger partial charge >= 0.3 is 6.18 Å². The van der Waals surface area contributed by atoms with Crippen molar-refractivity contribution >= 4 is 18.3 Å². The molecule has 1 saturated heterocycles. The minimum Gasteiger partial charge on any atom is -0.338 e. The first-order valence-corrected chi connectivity index (χ1v) is 6.53. The quantitative estimate of drug-likeness (QED) is 0.841. The lowest BCUT2D eigenvalue weighted by atomic mass is 9.90. The van der Waals surface area contributed by atoms with Crippen molar-refractivity contribution in [3.63, 3.8) is 0 Å². The van der Waals surface area contributed by atoms with Crippen LogP contribution in [0.1, 0.15) is 29.3 Å². The minimum absolute atomic E-state index is 0. The number of carbonyl (C=O) groups is 1. The van der Waals surface area contributed by atoms with E-state index in [9.17, 15) is 22.4 Å². The van der Waals surface area contributed by atoms with Crippen molar-refractivity contribution in [2.24, 2.45) is 11.1 Å². The monoisotopic (exact) mass is 340 g/mol. The normalized spacial score (nSPS) is 21.6. The molecule has 0 aliphatic carbocycles. The molecule has 1 aromatic carbocycles. The van der Waals surface area contributed by atoms with E-state index in [1.165, 1.54) is 4.90 Å². The average molecular weight is 341 g/mol. The number of nitrogens with zero attached hydrogens (tertiary/aromatic N) is 1. The number of amides is 1. The summed E-state index contributed by atoms with van der Waals surface area (Å²) in [5.41, 5.74) is 3.38. The number of nitrogens with two attached hydrogens (primary N) is 1. The lowest BCUT2D eigenvalue weighted by Crippen LogP contribution is -2.35. The Bertz CT molecular complexity index is 564. The molecule has 1 atom stereocenters. The van der Waals surface area contributed by atoms with Gasteiger partial charge in [0.2, 0.25) is 0 Å². The first-order chi connectivity index (χ1) is 9.68. The van der Waals surface area contributed by atoms with Crippen molar-refractivity contribution in [2.45, 2.75) is 19.5 Å². The van der Waals surface area contributed by atoms with Crippen LogP contribution in [0.4, 0.5) is 17.6 Å². The van der Waals surface area contributed by atoms with Crippen molar-refractivity contribution in [3.05, 3.63) is 35.1 Å². The zero-order chi connectivity index (χ0) is 15.8. The molecule has 22 heavy (non-hydrogen) atoms. The maximum absolute atomic E-state index is 14.0. The molecule has 0 radical (unpaired) electrons. The van der Waals surface area contributed by atoms with Crippen LogP contribution >= 0.6 is 12.4 Å². The summed E-state index contributed by atoms with van der Waals surface area (Å²) in [6, 6.07) is 2.74. The van der Waals surface area contributed by atoms with E-state index in [-0.39, 0.29) is 17.8 Å². The third kappa shape index (κ3) is 3.52. The average Bonchev–Trinajstić information content (AvgIpc) is 2.80. The Morgan fingerprint density at radius 3 is 2.55 bits per heavy atom. The third-order valence-electron chi connectivity index (χ3n) is 3.87. The van der Waals surface area contributed by atoms with E-state index in [1.807, 2.05) is 6.92 Å². The van der Waals surface area contributed by atoms with Crippen LogP contribution in [0.25, 0.3) is 0 Å². The fourth-order valence-corrected chi connectivity index (χ4v) is 2.45. The summed E-state index contributed by atoms with van der Waals surface area (Å²) in [6.45, 7) is 2.94. The van der Waals surface area contributed by atoms with Gasteiger partial charge in [-0.05, 0) is 30.5 Å². The van der Waals surface area contributed by atoms with E-state index in [0.29, 0.717) is 32.1 Å². The van der Waals surface area contributed by atoms with Crippen LogP contribution < -0.4 is 5.73 Å². The molecule has 1 aliphatic heterocycles. The van der Waals surface area contributed by atoms with Gasteiger partial charge in [-0.2, -0.15) is 13.2 Å². The van der Waals surface area contributed by atoms with Crippen LogP contribution in [0.15, 0.2) is 18.2 Å². The minimum atomic E-state index is -4.82. The molecule has 1 fully saturated rings. The largest absolute Gasteiger partial charge is 0.419 e. The maximum atomic E-state index is 14.0. The fraction of sp³-hybridized carbons (Fsp3) is 0.500. The summed E-state index contributed by atoms with van der Waals surface area (Å²) in [7, 11) is 0. The lowest BCUT2D eigenvalue weighted by molar-refractivity contribution is -0.140. The van der Waals surface area contributed by atoms with Crippen LogP contribution in [-0.2, 0) is 6.18 Å². The third-order valence-corrected chi connectivity index (χ3v) is 3.87. The van der Waals surface area contributed by atoms with Gasteiger partial charge in [0.15, 0.2) is 0 Å². The van der Waals surface area contributed by atoms with Gasteiger partial charge in [-0.1, -0.05) is 13.0 Å². The number of carbonyl (C=O) groups excluding carboxylic acids is 1. The predicted molar refractivity (Wildman–Crippen MR) is 76.3 cm³/mol. The van der Waals surface area contributed by atoms with Crippen molar-refractivity contribution in [2.75, 3.05) is 19.6 Å². The zero-order valence-electron chi connectivity index (χ0n) is 11.9. The van der Waals surface area contributed by atoms with E-state index in [1.54, 1.807) is 0 Å². The highest BCUT2D eigenvalue weighted by Crippen LogP contribution is 2.34. The van der Waals surface area contributed by atoms with Crippen molar-refractivity contribution in [1.82, 2.24) is 4.90 Å². The lowest BCUT2D eigenvalue weighted by Gasteiger charge is -2.23.